The van der Waals surface area contributed by atoms with Gasteiger partial charge in [-0.15, -0.1) is 0 Å². The summed E-state index contributed by atoms with van der Waals surface area (Å²) in [7, 11) is -3.45. The van der Waals surface area contributed by atoms with Gasteiger partial charge in [0.25, 0.3) is 0 Å². The maximum absolute atomic E-state index is 12.3. The predicted octanol–water partition coefficient (Wildman–Crippen LogP) is 2.65. The number of hydrogen-bond acceptors (Lipinski definition) is 3. The molecule has 1 aromatic rings. The Morgan fingerprint density at radius 2 is 1.70 bits per heavy atom. The van der Waals surface area contributed by atoms with Crippen molar-refractivity contribution in [3.05, 3.63) is 29.8 Å². The molecule has 0 radical (unpaired) electrons. The van der Waals surface area contributed by atoms with Crippen molar-refractivity contribution in [2.24, 2.45) is 0 Å². The Labute approximate surface area is 123 Å². The molecule has 0 unspecified atom stereocenters. The quantitative estimate of drug-likeness (QED) is 0.775. The van der Waals surface area contributed by atoms with E-state index >= 15 is 0 Å². The van der Waals surface area contributed by atoms with E-state index in [4.69, 9.17) is 0 Å². The number of benzene rings is 1. The average Bonchev–Trinajstić information content (AvgIpc) is 2.35. The van der Waals surface area contributed by atoms with Gasteiger partial charge in [0.05, 0.1) is 4.90 Å². The highest BCUT2D eigenvalue weighted by molar-refractivity contribution is 7.89. The van der Waals surface area contributed by atoms with Gasteiger partial charge in [-0.05, 0) is 44.5 Å². The molecule has 1 aromatic carbocycles. The minimum absolute atomic E-state index is 0.321. The zero-order valence-electron chi connectivity index (χ0n) is 12.9. The van der Waals surface area contributed by atoms with Gasteiger partial charge in [-0.25, -0.2) is 13.1 Å². The molecule has 0 aliphatic rings. The minimum atomic E-state index is -3.45. The normalized spacial score (nSPS) is 12.6. The van der Waals surface area contributed by atoms with Crippen LogP contribution in [-0.4, -0.2) is 20.5 Å². The van der Waals surface area contributed by atoms with Gasteiger partial charge in [0.2, 0.25) is 10.0 Å². The van der Waals surface area contributed by atoms with Crippen molar-refractivity contribution in [2.45, 2.75) is 57.5 Å². The molecule has 0 atom stereocenters. The summed E-state index contributed by atoms with van der Waals surface area (Å²) in [4.78, 5) is 0.321. The molecule has 2 N–H and O–H groups in total. The van der Waals surface area contributed by atoms with Crippen LogP contribution in [0.5, 0.6) is 0 Å². The van der Waals surface area contributed by atoms with E-state index < -0.39 is 15.6 Å². The molecule has 0 aromatic heterocycles. The first kappa shape index (κ1) is 17.1. The molecule has 1 rings (SSSR count). The van der Waals surface area contributed by atoms with Crippen LogP contribution in [0.3, 0.4) is 0 Å². The topological polar surface area (TPSA) is 58.2 Å². The van der Waals surface area contributed by atoms with Crippen molar-refractivity contribution in [2.75, 3.05) is 6.54 Å². The van der Waals surface area contributed by atoms with Gasteiger partial charge in [0, 0.05) is 12.1 Å². The summed E-state index contributed by atoms with van der Waals surface area (Å²) in [5.41, 5.74) is 0.661. The molecule has 0 aliphatic heterocycles. The Bertz CT molecular complexity index is 507. The molecule has 0 fully saturated rings. The number of nitrogens with one attached hydrogen (secondary N) is 2. The minimum Gasteiger partial charge on any atom is -0.313 e. The van der Waals surface area contributed by atoms with Crippen molar-refractivity contribution < 1.29 is 8.42 Å². The van der Waals surface area contributed by atoms with Crippen LogP contribution < -0.4 is 10.0 Å². The van der Waals surface area contributed by atoms with Crippen LogP contribution in [0.4, 0.5) is 0 Å². The Hall–Kier alpha value is -0.910. The van der Waals surface area contributed by atoms with Crippen molar-refractivity contribution in [1.29, 1.82) is 0 Å². The van der Waals surface area contributed by atoms with Crippen LogP contribution >= 0.6 is 0 Å². The van der Waals surface area contributed by atoms with Gasteiger partial charge >= 0.3 is 0 Å². The van der Waals surface area contributed by atoms with E-state index in [1.165, 1.54) is 0 Å². The highest BCUT2D eigenvalue weighted by Gasteiger charge is 2.25. The van der Waals surface area contributed by atoms with Crippen molar-refractivity contribution in [3.63, 3.8) is 0 Å². The van der Waals surface area contributed by atoms with Crippen LogP contribution in [0, 0.1) is 0 Å². The summed E-state index contributed by atoms with van der Waals surface area (Å²) in [5, 5.41) is 3.21. The summed E-state index contributed by atoms with van der Waals surface area (Å²) >= 11 is 0. The third-order valence-electron chi connectivity index (χ3n) is 3.10. The number of hydrogen-bond donors (Lipinski definition) is 2. The van der Waals surface area contributed by atoms with Gasteiger partial charge in [0.15, 0.2) is 0 Å². The summed E-state index contributed by atoms with van der Waals surface area (Å²) in [6.45, 7) is 9.56. The van der Waals surface area contributed by atoms with E-state index in [1.807, 2.05) is 39.8 Å². The first-order valence-electron chi connectivity index (χ1n) is 7.14. The molecule has 0 amide bonds. The van der Waals surface area contributed by atoms with Crippen molar-refractivity contribution in [3.8, 4) is 0 Å². The molecule has 0 bridgehead atoms. The summed E-state index contributed by atoms with van der Waals surface area (Å²) in [5.74, 6) is 0. The molecule has 20 heavy (non-hydrogen) atoms. The lowest BCUT2D eigenvalue weighted by Crippen LogP contribution is -2.43. The Morgan fingerprint density at radius 3 is 2.20 bits per heavy atom. The predicted molar refractivity (Wildman–Crippen MR) is 83.1 cm³/mol. The fourth-order valence-electron chi connectivity index (χ4n) is 2.15. The fourth-order valence-corrected chi connectivity index (χ4v) is 3.60. The molecule has 0 saturated carbocycles. The number of rotatable bonds is 8. The second-order valence-corrected chi connectivity index (χ2v) is 7.35. The van der Waals surface area contributed by atoms with Crippen LogP contribution in [0.25, 0.3) is 0 Å². The maximum atomic E-state index is 12.3. The van der Waals surface area contributed by atoms with E-state index in [9.17, 15) is 8.42 Å². The van der Waals surface area contributed by atoms with Gasteiger partial charge in [-0.3, -0.25) is 0 Å². The second-order valence-electron chi connectivity index (χ2n) is 5.66. The lowest BCUT2D eigenvalue weighted by molar-refractivity contribution is 0.418. The van der Waals surface area contributed by atoms with Gasteiger partial charge in [-0.1, -0.05) is 32.4 Å². The molecule has 4 nitrogen and oxygen atoms in total. The first-order chi connectivity index (χ1) is 9.30. The van der Waals surface area contributed by atoms with Gasteiger partial charge in [0.1, 0.15) is 0 Å². The summed E-state index contributed by atoms with van der Waals surface area (Å²) in [6, 6.07) is 7.03. The van der Waals surface area contributed by atoms with Crippen molar-refractivity contribution in [1.82, 2.24) is 10.0 Å². The Balaban J connectivity index is 2.82. The first-order valence-corrected chi connectivity index (χ1v) is 8.62. The second kappa shape index (κ2) is 7.20. The zero-order valence-corrected chi connectivity index (χ0v) is 13.7. The Morgan fingerprint density at radius 1 is 1.10 bits per heavy atom. The van der Waals surface area contributed by atoms with Crippen LogP contribution in [-0.2, 0) is 16.6 Å². The smallest absolute Gasteiger partial charge is 0.241 e. The highest BCUT2D eigenvalue weighted by atomic mass is 32.2. The van der Waals surface area contributed by atoms with Crippen LogP contribution in [0.15, 0.2) is 29.2 Å². The number of sulfonamides is 1. The highest BCUT2D eigenvalue weighted by Crippen LogP contribution is 2.17. The largest absolute Gasteiger partial charge is 0.313 e. The average molecular weight is 298 g/mol. The zero-order chi connectivity index (χ0) is 15.2. The molecular weight excluding hydrogens is 272 g/mol. The fraction of sp³-hybridized carbons (Fsp3) is 0.600. The summed E-state index contributed by atoms with van der Waals surface area (Å²) in [6.07, 6.45) is 1.75. The molecule has 114 valence electrons. The molecule has 0 spiro atoms. The molecule has 0 aliphatic carbocycles. The van der Waals surface area contributed by atoms with E-state index in [0.717, 1.165) is 31.5 Å². The van der Waals surface area contributed by atoms with Gasteiger partial charge in [-0.2, -0.15) is 0 Å². The van der Waals surface area contributed by atoms with E-state index in [2.05, 4.69) is 10.0 Å². The van der Waals surface area contributed by atoms with E-state index in [0.29, 0.717) is 4.90 Å². The third-order valence-corrected chi connectivity index (χ3v) is 4.81. The Kier molecular flexibility index (Phi) is 6.17. The molecule has 0 heterocycles. The third kappa shape index (κ3) is 5.23. The van der Waals surface area contributed by atoms with Gasteiger partial charge < -0.3 is 5.32 Å². The SMILES string of the molecule is CCCC(C)(C)NS(=O)(=O)c1ccc(CNCC)cc1. The standard InChI is InChI=1S/C15H26N2O2S/c1-5-11-15(3,4)17-20(18,19)14-9-7-13(8-10-14)12-16-6-2/h7-10,16-17H,5-6,11-12H2,1-4H3. The lowest BCUT2D eigenvalue weighted by Gasteiger charge is -2.25. The van der Waals surface area contributed by atoms with E-state index in [-0.39, 0.29) is 0 Å². The van der Waals surface area contributed by atoms with Crippen LogP contribution in [0.1, 0.15) is 46.1 Å². The van der Waals surface area contributed by atoms with Crippen molar-refractivity contribution >= 4 is 10.0 Å². The molecular formula is C15H26N2O2S. The lowest BCUT2D eigenvalue weighted by atomic mass is 10.0. The van der Waals surface area contributed by atoms with Crippen LogP contribution in [0.2, 0.25) is 0 Å². The maximum Gasteiger partial charge on any atom is 0.241 e. The molecule has 5 heteroatoms. The summed E-state index contributed by atoms with van der Waals surface area (Å²) < 4.78 is 27.4. The van der Waals surface area contributed by atoms with E-state index in [1.54, 1.807) is 12.1 Å². The monoisotopic (exact) mass is 298 g/mol. The molecule has 0 saturated heterocycles.